The molecule has 0 spiro atoms. The highest BCUT2D eigenvalue weighted by Gasteiger charge is 2.27. The van der Waals surface area contributed by atoms with Gasteiger partial charge in [0.15, 0.2) is 5.96 Å². The molecule has 6 heteroatoms. The van der Waals surface area contributed by atoms with Gasteiger partial charge in [0.05, 0.1) is 0 Å². The molecular formula is C21H32N4OS. The molecule has 1 N–H and O–H groups in total. The molecule has 1 aromatic carbocycles. The average Bonchev–Trinajstić information content (AvgIpc) is 3.35. The van der Waals surface area contributed by atoms with E-state index in [0.717, 1.165) is 24.8 Å². The third-order valence-electron chi connectivity index (χ3n) is 5.37. The number of nitrogens with zero attached hydrogens (tertiary/aromatic N) is 3. The summed E-state index contributed by atoms with van der Waals surface area (Å²) in [6.45, 7) is 2.27. The SMILES string of the molecule is CN(C)C(=O)CN=C(NC1CCCC1)N1CCC(CSc2ccccc2)C1. The third-order valence-corrected chi connectivity index (χ3v) is 6.61. The smallest absolute Gasteiger partial charge is 0.243 e. The number of benzene rings is 1. The molecular weight excluding hydrogens is 356 g/mol. The highest BCUT2D eigenvalue weighted by Crippen LogP contribution is 2.26. The van der Waals surface area contributed by atoms with Gasteiger partial charge in [0.1, 0.15) is 6.54 Å². The number of thioether (sulfide) groups is 1. The van der Waals surface area contributed by atoms with Crippen LogP contribution >= 0.6 is 11.8 Å². The van der Waals surface area contributed by atoms with Gasteiger partial charge in [-0.25, -0.2) is 4.99 Å². The van der Waals surface area contributed by atoms with Crippen LogP contribution in [-0.2, 0) is 4.79 Å². The Morgan fingerprint density at radius 2 is 1.96 bits per heavy atom. The van der Waals surface area contributed by atoms with E-state index < -0.39 is 0 Å². The lowest BCUT2D eigenvalue weighted by Crippen LogP contribution is -2.45. The normalized spacial score (nSPS) is 20.9. The summed E-state index contributed by atoms with van der Waals surface area (Å²) >= 11 is 1.94. The van der Waals surface area contributed by atoms with E-state index >= 15 is 0 Å². The molecule has 0 aromatic heterocycles. The molecule has 0 radical (unpaired) electrons. The molecule has 1 amide bonds. The first-order chi connectivity index (χ1) is 13.1. The highest BCUT2D eigenvalue weighted by molar-refractivity contribution is 7.99. The van der Waals surface area contributed by atoms with Crippen LogP contribution in [0, 0.1) is 5.92 Å². The number of carbonyl (C=O) groups is 1. The van der Waals surface area contributed by atoms with Crippen LogP contribution in [0.5, 0.6) is 0 Å². The Bertz CT molecular complexity index is 628. The predicted molar refractivity (Wildman–Crippen MR) is 113 cm³/mol. The van der Waals surface area contributed by atoms with Crippen molar-refractivity contribution in [2.75, 3.05) is 39.5 Å². The molecule has 27 heavy (non-hydrogen) atoms. The summed E-state index contributed by atoms with van der Waals surface area (Å²) in [4.78, 5) is 22.0. The summed E-state index contributed by atoms with van der Waals surface area (Å²) in [6, 6.07) is 11.1. The van der Waals surface area contributed by atoms with Crippen molar-refractivity contribution >= 4 is 23.6 Å². The molecule has 2 aliphatic rings. The van der Waals surface area contributed by atoms with Gasteiger partial charge in [0.25, 0.3) is 0 Å². The van der Waals surface area contributed by atoms with Crippen LogP contribution in [0.25, 0.3) is 0 Å². The molecule has 148 valence electrons. The van der Waals surface area contributed by atoms with Gasteiger partial charge < -0.3 is 15.1 Å². The molecule has 1 aliphatic carbocycles. The second-order valence-electron chi connectivity index (χ2n) is 7.78. The van der Waals surface area contributed by atoms with Crippen LogP contribution in [0.1, 0.15) is 32.1 Å². The number of amides is 1. The largest absolute Gasteiger partial charge is 0.353 e. The lowest BCUT2D eigenvalue weighted by Gasteiger charge is -2.25. The van der Waals surface area contributed by atoms with E-state index in [9.17, 15) is 4.79 Å². The fraction of sp³-hybridized carbons (Fsp3) is 0.619. The summed E-state index contributed by atoms with van der Waals surface area (Å²) in [7, 11) is 3.57. The standard InChI is InChI=1S/C21H32N4OS/c1-24(2)20(26)14-22-21(23-18-8-6-7-9-18)25-13-12-17(15-25)16-27-19-10-4-3-5-11-19/h3-5,10-11,17-18H,6-9,12-16H2,1-2H3,(H,22,23). The van der Waals surface area contributed by atoms with Crippen molar-refractivity contribution < 1.29 is 4.79 Å². The lowest BCUT2D eigenvalue weighted by atomic mass is 10.2. The predicted octanol–water partition coefficient (Wildman–Crippen LogP) is 3.08. The number of hydrogen-bond donors (Lipinski definition) is 1. The van der Waals surface area contributed by atoms with E-state index in [1.165, 1.54) is 37.0 Å². The Balaban J connectivity index is 1.56. The average molecular weight is 389 g/mol. The Hall–Kier alpha value is -1.69. The second-order valence-corrected chi connectivity index (χ2v) is 8.87. The molecule has 1 aromatic rings. The van der Waals surface area contributed by atoms with Crippen LogP contribution in [0.3, 0.4) is 0 Å². The van der Waals surface area contributed by atoms with E-state index in [4.69, 9.17) is 0 Å². The van der Waals surface area contributed by atoms with Crippen molar-refractivity contribution in [1.29, 1.82) is 0 Å². The van der Waals surface area contributed by atoms with Crippen LogP contribution in [0.2, 0.25) is 0 Å². The molecule has 2 fully saturated rings. The lowest BCUT2D eigenvalue weighted by molar-refractivity contribution is -0.127. The van der Waals surface area contributed by atoms with E-state index in [-0.39, 0.29) is 12.5 Å². The van der Waals surface area contributed by atoms with Gasteiger partial charge in [-0.3, -0.25) is 4.79 Å². The summed E-state index contributed by atoms with van der Waals surface area (Å²) < 4.78 is 0. The Kier molecular flexibility index (Phi) is 7.44. The monoisotopic (exact) mass is 388 g/mol. The topological polar surface area (TPSA) is 47.9 Å². The van der Waals surface area contributed by atoms with Gasteiger partial charge in [0, 0.05) is 43.9 Å². The summed E-state index contributed by atoms with van der Waals surface area (Å²) in [6.07, 6.45) is 6.19. The van der Waals surface area contributed by atoms with Gasteiger partial charge in [0.2, 0.25) is 5.91 Å². The first-order valence-corrected chi connectivity index (χ1v) is 11.0. The summed E-state index contributed by atoms with van der Waals surface area (Å²) in [5.41, 5.74) is 0. The van der Waals surface area contributed by atoms with Crippen LogP contribution in [0.15, 0.2) is 40.2 Å². The number of nitrogens with one attached hydrogen (secondary N) is 1. The van der Waals surface area contributed by atoms with E-state index in [0.29, 0.717) is 12.0 Å². The van der Waals surface area contributed by atoms with E-state index in [1.807, 2.05) is 11.8 Å². The van der Waals surface area contributed by atoms with E-state index in [2.05, 4.69) is 45.5 Å². The quantitative estimate of drug-likeness (QED) is 0.462. The third kappa shape index (κ3) is 6.16. The first-order valence-electron chi connectivity index (χ1n) is 10.1. The molecule has 1 unspecified atom stereocenters. The van der Waals surface area contributed by atoms with E-state index in [1.54, 1.807) is 19.0 Å². The maximum absolute atomic E-state index is 12.0. The van der Waals surface area contributed by atoms with Crippen LogP contribution in [0.4, 0.5) is 0 Å². The van der Waals surface area contributed by atoms with Crippen LogP contribution < -0.4 is 5.32 Å². The Morgan fingerprint density at radius 1 is 1.22 bits per heavy atom. The van der Waals surface area contributed by atoms with Gasteiger partial charge in [-0.15, -0.1) is 11.8 Å². The number of likely N-dealkylation sites (tertiary alicyclic amines) is 1. The Morgan fingerprint density at radius 3 is 2.67 bits per heavy atom. The van der Waals surface area contributed by atoms with Crippen molar-refractivity contribution in [2.45, 2.75) is 43.0 Å². The molecule has 1 atom stereocenters. The zero-order valence-electron chi connectivity index (χ0n) is 16.6. The maximum Gasteiger partial charge on any atom is 0.243 e. The summed E-state index contributed by atoms with van der Waals surface area (Å²) in [5, 5.41) is 3.64. The van der Waals surface area contributed by atoms with Gasteiger partial charge in [-0.2, -0.15) is 0 Å². The summed E-state index contributed by atoms with van der Waals surface area (Å²) in [5.74, 6) is 2.78. The number of likely N-dealkylation sites (N-methyl/N-ethyl adjacent to an activating group) is 1. The minimum Gasteiger partial charge on any atom is -0.353 e. The number of guanidine groups is 1. The van der Waals surface area contributed by atoms with Gasteiger partial charge in [-0.05, 0) is 37.3 Å². The number of hydrogen-bond acceptors (Lipinski definition) is 3. The number of rotatable bonds is 6. The first kappa shape index (κ1) is 20.1. The zero-order valence-corrected chi connectivity index (χ0v) is 17.4. The molecule has 1 saturated heterocycles. The molecule has 5 nitrogen and oxygen atoms in total. The van der Waals surface area contributed by atoms with Gasteiger partial charge in [-0.1, -0.05) is 31.0 Å². The fourth-order valence-electron chi connectivity index (χ4n) is 3.67. The number of carbonyl (C=O) groups excluding carboxylic acids is 1. The van der Waals surface area contributed by atoms with Crippen molar-refractivity contribution in [3.63, 3.8) is 0 Å². The highest BCUT2D eigenvalue weighted by atomic mass is 32.2. The molecule has 1 heterocycles. The Labute approximate surface area is 167 Å². The molecule has 1 saturated carbocycles. The maximum atomic E-state index is 12.0. The van der Waals surface area contributed by atoms with Crippen LogP contribution in [-0.4, -0.2) is 67.2 Å². The van der Waals surface area contributed by atoms with Crippen molar-refractivity contribution in [2.24, 2.45) is 10.9 Å². The van der Waals surface area contributed by atoms with Gasteiger partial charge >= 0.3 is 0 Å². The minimum atomic E-state index is 0.0519. The fourth-order valence-corrected chi connectivity index (χ4v) is 4.72. The second kappa shape index (κ2) is 10.0. The minimum absolute atomic E-state index is 0.0519. The van der Waals surface area contributed by atoms with Crippen molar-refractivity contribution in [3.8, 4) is 0 Å². The van der Waals surface area contributed by atoms with Crippen molar-refractivity contribution in [1.82, 2.24) is 15.1 Å². The molecule has 1 aliphatic heterocycles. The zero-order chi connectivity index (χ0) is 19.1. The molecule has 0 bridgehead atoms. The molecule has 3 rings (SSSR count). The number of aliphatic imine (C=N–C) groups is 1. The van der Waals surface area contributed by atoms with Crippen molar-refractivity contribution in [3.05, 3.63) is 30.3 Å².